The molecule has 2 rings (SSSR count). The third-order valence-corrected chi connectivity index (χ3v) is 2.91. The van der Waals surface area contributed by atoms with Crippen molar-refractivity contribution in [3.63, 3.8) is 0 Å². The number of hydrogen-bond acceptors (Lipinski definition) is 3. The van der Waals surface area contributed by atoms with E-state index in [0.29, 0.717) is 11.3 Å². The average molecular weight is 215 g/mol. The molecule has 0 bridgehead atoms. The summed E-state index contributed by atoms with van der Waals surface area (Å²) in [6.45, 7) is 6.40. The molecule has 3 nitrogen and oxygen atoms in total. The van der Waals surface area contributed by atoms with Gasteiger partial charge in [-0.2, -0.15) is 0 Å². The van der Waals surface area contributed by atoms with Gasteiger partial charge in [0.05, 0.1) is 6.04 Å². The molecular formula is C10H15ClN2O. The number of halogens is 1. The molecular weight excluding hydrogens is 200 g/mol. The molecule has 1 aromatic heterocycles. The van der Waals surface area contributed by atoms with E-state index in [1.165, 1.54) is 0 Å². The van der Waals surface area contributed by atoms with Crippen molar-refractivity contribution in [2.75, 3.05) is 26.2 Å². The van der Waals surface area contributed by atoms with Crippen LogP contribution in [0.5, 0.6) is 0 Å². The third-order valence-electron chi connectivity index (χ3n) is 2.71. The van der Waals surface area contributed by atoms with E-state index in [9.17, 15) is 0 Å². The van der Waals surface area contributed by atoms with Crippen LogP contribution in [0.25, 0.3) is 0 Å². The second-order valence-corrected chi connectivity index (χ2v) is 3.98. The highest BCUT2D eigenvalue weighted by Gasteiger charge is 2.20. The fourth-order valence-corrected chi connectivity index (χ4v) is 1.95. The summed E-state index contributed by atoms with van der Waals surface area (Å²) in [7, 11) is 0. The first-order valence-corrected chi connectivity index (χ1v) is 5.35. The van der Waals surface area contributed by atoms with Crippen molar-refractivity contribution in [1.82, 2.24) is 10.2 Å². The van der Waals surface area contributed by atoms with Crippen LogP contribution in [0.15, 0.2) is 16.5 Å². The molecule has 1 N–H and O–H groups in total. The van der Waals surface area contributed by atoms with E-state index in [4.69, 9.17) is 16.0 Å². The maximum absolute atomic E-state index is 5.75. The minimum absolute atomic E-state index is 0.324. The number of nitrogens with one attached hydrogen (secondary N) is 1. The number of nitrogens with zero attached hydrogens (tertiary/aromatic N) is 1. The summed E-state index contributed by atoms with van der Waals surface area (Å²) in [4.78, 5) is 2.39. The molecule has 78 valence electrons. The van der Waals surface area contributed by atoms with Crippen molar-refractivity contribution in [3.8, 4) is 0 Å². The van der Waals surface area contributed by atoms with Gasteiger partial charge in [0, 0.05) is 26.2 Å². The molecule has 2 heterocycles. The Labute approximate surface area is 89.0 Å². The van der Waals surface area contributed by atoms with Gasteiger partial charge in [-0.15, -0.1) is 0 Å². The maximum atomic E-state index is 5.75. The molecule has 0 radical (unpaired) electrons. The summed E-state index contributed by atoms with van der Waals surface area (Å²) in [5, 5.41) is 3.80. The van der Waals surface area contributed by atoms with Gasteiger partial charge >= 0.3 is 0 Å². The Bertz CT molecular complexity index is 294. The largest absolute Gasteiger partial charge is 0.448 e. The lowest BCUT2D eigenvalue weighted by atomic mass is 10.2. The van der Waals surface area contributed by atoms with Crippen LogP contribution in [0.3, 0.4) is 0 Å². The van der Waals surface area contributed by atoms with Crippen LogP contribution in [0.4, 0.5) is 0 Å². The number of hydrogen-bond donors (Lipinski definition) is 1. The van der Waals surface area contributed by atoms with Crippen molar-refractivity contribution in [3.05, 3.63) is 23.1 Å². The molecule has 1 aliphatic heterocycles. The molecule has 0 unspecified atom stereocenters. The van der Waals surface area contributed by atoms with Crippen LogP contribution >= 0.6 is 11.6 Å². The fraction of sp³-hybridized carbons (Fsp3) is 0.600. The molecule has 0 amide bonds. The van der Waals surface area contributed by atoms with Crippen LogP contribution in [0.2, 0.25) is 5.22 Å². The minimum atomic E-state index is 0.324. The van der Waals surface area contributed by atoms with Gasteiger partial charge in [-0.3, -0.25) is 4.90 Å². The van der Waals surface area contributed by atoms with E-state index in [-0.39, 0.29) is 0 Å². The van der Waals surface area contributed by atoms with Gasteiger partial charge < -0.3 is 9.73 Å². The van der Waals surface area contributed by atoms with Gasteiger partial charge in [0.1, 0.15) is 5.76 Å². The van der Waals surface area contributed by atoms with Crippen LogP contribution in [-0.4, -0.2) is 31.1 Å². The Balaban J connectivity index is 2.03. The standard InChI is InChI=1S/C10H15ClN2O/c1-8(9-2-3-10(11)14-9)13-6-4-12-5-7-13/h2-3,8,12H,4-7H2,1H3/t8-/m1/s1. The summed E-state index contributed by atoms with van der Waals surface area (Å²) in [6.07, 6.45) is 0. The van der Waals surface area contributed by atoms with Gasteiger partial charge in [0.15, 0.2) is 5.22 Å². The summed E-state index contributed by atoms with van der Waals surface area (Å²) in [5.41, 5.74) is 0. The molecule has 0 aromatic carbocycles. The topological polar surface area (TPSA) is 28.4 Å². The monoisotopic (exact) mass is 214 g/mol. The second-order valence-electron chi connectivity index (χ2n) is 3.60. The molecule has 4 heteroatoms. The molecule has 1 atom stereocenters. The summed E-state index contributed by atoms with van der Waals surface area (Å²) < 4.78 is 5.40. The normalized spacial score (nSPS) is 21.0. The zero-order valence-electron chi connectivity index (χ0n) is 8.29. The Morgan fingerprint density at radius 3 is 2.71 bits per heavy atom. The summed E-state index contributed by atoms with van der Waals surface area (Å²) in [5.74, 6) is 0.955. The Hall–Kier alpha value is -0.510. The first-order valence-electron chi connectivity index (χ1n) is 4.97. The van der Waals surface area contributed by atoms with E-state index in [0.717, 1.165) is 31.9 Å². The summed E-state index contributed by atoms with van der Waals surface area (Å²) in [6, 6.07) is 4.08. The van der Waals surface area contributed by atoms with E-state index >= 15 is 0 Å². The lowest BCUT2D eigenvalue weighted by molar-refractivity contribution is 0.167. The lowest BCUT2D eigenvalue weighted by Gasteiger charge is -2.31. The number of furan rings is 1. The number of piperazine rings is 1. The van der Waals surface area contributed by atoms with Gasteiger partial charge in [-0.1, -0.05) is 0 Å². The third kappa shape index (κ3) is 2.11. The minimum Gasteiger partial charge on any atom is -0.448 e. The van der Waals surface area contributed by atoms with Crippen molar-refractivity contribution in [1.29, 1.82) is 0 Å². The molecule has 1 aliphatic rings. The Morgan fingerprint density at radius 2 is 2.14 bits per heavy atom. The van der Waals surface area contributed by atoms with Crippen LogP contribution < -0.4 is 5.32 Å². The first kappa shape index (κ1) is 10.0. The van der Waals surface area contributed by atoms with E-state index < -0.39 is 0 Å². The Morgan fingerprint density at radius 1 is 1.43 bits per heavy atom. The molecule has 0 spiro atoms. The van der Waals surface area contributed by atoms with Crippen molar-refractivity contribution < 1.29 is 4.42 Å². The van der Waals surface area contributed by atoms with Gasteiger partial charge in [0.25, 0.3) is 0 Å². The predicted molar refractivity (Wildman–Crippen MR) is 56.6 cm³/mol. The molecule has 1 aromatic rings. The van der Waals surface area contributed by atoms with Crippen LogP contribution in [-0.2, 0) is 0 Å². The molecule has 0 saturated carbocycles. The van der Waals surface area contributed by atoms with Crippen LogP contribution in [0, 0.1) is 0 Å². The van der Waals surface area contributed by atoms with Crippen molar-refractivity contribution >= 4 is 11.6 Å². The smallest absolute Gasteiger partial charge is 0.193 e. The quantitative estimate of drug-likeness (QED) is 0.815. The summed E-state index contributed by atoms with van der Waals surface area (Å²) >= 11 is 5.75. The SMILES string of the molecule is C[C@H](c1ccc(Cl)o1)N1CCNCC1. The molecule has 1 fully saturated rings. The van der Waals surface area contributed by atoms with Gasteiger partial charge in [0.2, 0.25) is 0 Å². The van der Waals surface area contributed by atoms with Crippen LogP contribution in [0.1, 0.15) is 18.7 Å². The number of rotatable bonds is 2. The average Bonchev–Trinajstić information content (AvgIpc) is 2.65. The highest BCUT2D eigenvalue weighted by molar-refractivity contribution is 6.28. The zero-order chi connectivity index (χ0) is 9.97. The molecule has 0 aliphatic carbocycles. The van der Waals surface area contributed by atoms with Crippen molar-refractivity contribution in [2.24, 2.45) is 0 Å². The van der Waals surface area contributed by atoms with E-state index in [1.807, 2.05) is 6.07 Å². The van der Waals surface area contributed by atoms with Gasteiger partial charge in [-0.25, -0.2) is 0 Å². The fourth-order valence-electron chi connectivity index (χ4n) is 1.80. The Kier molecular flexibility index (Phi) is 3.11. The second kappa shape index (κ2) is 4.34. The lowest BCUT2D eigenvalue weighted by Crippen LogP contribution is -2.44. The van der Waals surface area contributed by atoms with E-state index in [1.54, 1.807) is 6.07 Å². The zero-order valence-corrected chi connectivity index (χ0v) is 9.05. The maximum Gasteiger partial charge on any atom is 0.193 e. The molecule has 14 heavy (non-hydrogen) atoms. The van der Waals surface area contributed by atoms with Gasteiger partial charge in [-0.05, 0) is 30.7 Å². The first-order chi connectivity index (χ1) is 6.77. The predicted octanol–water partition coefficient (Wildman–Crippen LogP) is 1.90. The van der Waals surface area contributed by atoms with Crippen molar-refractivity contribution in [2.45, 2.75) is 13.0 Å². The molecule has 1 saturated heterocycles. The highest BCUT2D eigenvalue weighted by Crippen LogP contribution is 2.24. The van der Waals surface area contributed by atoms with E-state index in [2.05, 4.69) is 17.1 Å². The highest BCUT2D eigenvalue weighted by atomic mass is 35.5.